The van der Waals surface area contributed by atoms with E-state index in [4.69, 9.17) is 17.3 Å². The summed E-state index contributed by atoms with van der Waals surface area (Å²) in [7, 11) is 0. The van der Waals surface area contributed by atoms with Gasteiger partial charge in [0, 0.05) is 17.5 Å². The van der Waals surface area contributed by atoms with E-state index in [1.54, 1.807) is 0 Å². The van der Waals surface area contributed by atoms with Gasteiger partial charge in [-0.05, 0) is 28.8 Å². The molecule has 1 aliphatic rings. The molecule has 17 heavy (non-hydrogen) atoms. The van der Waals surface area contributed by atoms with Crippen molar-refractivity contribution in [2.45, 2.75) is 24.7 Å². The first kappa shape index (κ1) is 13.2. The van der Waals surface area contributed by atoms with Crippen LogP contribution in [0.1, 0.15) is 24.8 Å². The summed E-state index contributed by atoms with van der Waals surface area (Å²) in [6.07, 6.45) is 2.12. The molecule has 0 amide bonds. The third-order valence-corrected chi connectivity index (χ3v) is 4.52. The van der Waals surface area contributed by atoms with E-state index in [0.717, 1.165) is 6.42 Å². The quantitative estimate of drug-likeness (QED) is 0.647. The number of hydrogen-bond donors (Lipinski definition) is 1. The minimum Gasteiger partial charge on any atom is -0.330 e. The SMILES string of the molecule is NCC1(c2c(F)c(F)c(Cl)c(F)c2Br)CCC1. The predicted octanol–water partition coefficient (Wildman–Crippen LogP) is 3.90. The van der Waals surface area contributed by atoms with Gasteiger partial charge in [-0.25, -0.2) is 13.2 Å². The lowest BCUT2D eigenvalue weighted by atomic mass is 9.64. The number of rotatable bonds is 2. The summed E-state index contributed by atoms with van der Waals surface area (Å²) in [6.45, 7) is 0.156. The average Bonchev–Trinajstić information content (AvgIpc) is 2.27. The van der Waals surface area contributed by atoms with Crippen LogP contribution >= 0.6 is 27.5 Å². The Bertz CT molecular complexity index is 440. The molecule has 1 aromatic rings. The molecule has 0 radical (unpaired) electrons. The second kappa shape index (κ2) is 4.44. The highest BCUT2D eigenvalue weighted by molar-refractivity contribution is 9.10. The van der Waals surface area contributed by atoms with Gasteiger partial charge in [-0.15, -0.1) is 0 Å². The molecule has 1 fully saturated rings. The van der Waals surface area contributed by atoms with E-state index in [1.807, 2.05) is 0 Å². The van der Waals surface area contributed by atoms with Gasteiger partial charge in [0.2, 0.25) is 0 Å². The van der Waals surface area contributed by atoms with Gasteiger partial charge in [0.1, 0.15) is 5.02 Å². The van der Waals surface area contributed by atoms with Crippen molar-refractivity contribution in [3.63, 3.8) is 0 Å². The van der Waals surface area contributed by atoms with Crippen molar-refractivity contribution in [1.82, 2.24) is 0 Å². The van der Waals surface area contributed by atoms with E-state index < -0.39 is 27.9 Å². The van der Waals surface area contributed by atoms with Gasteiger partial charge in [0.05, 0.1) is 4.47 Å². The Morgan fingerprint density at radius 3 is 2.18 bits per heavy atom. The normalized spacial score (nSPS) is 18.0. The molecule has 1 aliphatic carbocycles. The number of nitrogens with two attached hydrogens (primary N) is 1. The smallest absolute Gasteiger partial charge is 0.180 e. The third-order valence-electron chi connectivity index (χ3n) is 3.44. The zero-order chi connectivity index (χ0) is 12.8. The summed E-state index contributed by atoms with van der Waals surface area (Å²) in [5.74, 6) is -3.42. The molecule has 6 heteroatoms. The van der Waals surface area contributed by atoms with E-state index in [-0.39, 0.29) is 16.6 Å². The van der Waals surface area contributed by atoms with Crippen LogP contribution in [0.5, 0.6) is 0 Å². The van der Waals surface area contributed by atoms with E-state index in [1.165, 1.54) is 0 Å². The van der Waals surface area contributed by atoms with Crippen molar-refractivity contribution < 1.29 is 13.2 Å². The van der Waals surface area contributed by atoms with Gasteiger partial charge >= 0.3 is 0 Å². The molecule has 1 saturated carbocycles. The molecule has 94 valence electrons. The lowest BCUT2D eigenvalue weighted by Crippen LogP contribution is -2.43. The minimum absolute atomic E-state index is 0.0225. The van der Waals surface area contributed by atoms with Gasteiger partial charge in [0.15, 0.2) is 17.5 Å². The molecule has 0 spiro atoms. The van der Waals surface area contributed by atoms with E-state index >= 15 is 0 Å². The number of hydrogen-bond acceptors (Lipinski definition) is 1. The fraction of sp³-hybridized carbons (Fsp3) is 0.455. The fourth-order valence-corrected chi connectivity index (χ4v) is 3.31. The lowest BCUT2D eigenvalue weighted by Gasteiger charge is -2.42. The zero-order valence-corrected chi connectivity index (χ0v) is 11.1. The second-order valence-electron chi connectivity index (χ2n) is 4.28. The summed E-state index contributed by atoms with van der Waals surface area (Å²) in [5.41, 5.74) is 4.92. The Kier molecular flexibility index (Phi) is 3.45. The monoisotopic (exact) mass is 327 g/mol. The highest BCUT2D eigenvalue weighted by atomic mass is 79.9. The zero-order valence-electron chi connectivity index (χ0n) is 8.80. The fourth-order valence-electron chi connectivity index (χ4n) is 2.23. The van der Waals surface area contributed by atoms with Crippen LogP contribution in [-0.4, -0.2) is 6.54 Å². The van der Waals surface area contributed by atoms with Gasteiger partial charge in [-0.1, -0.05) is 18.0 Å². The van der Waals surface area contributed by atoms with Crippen molar-refractivity contribution in [3.05, 3.63) is 32.5 Å². The molecule has 0 heterocycles. The maximum absolute atomic E-state index is 13.9. The molecule has 0 aliphatic heterocycles. The van der Waals surface area contributed by atoms with E-state index in [0.29, 0.717) is 12.8 Å². The summed E-state index contributed by atoms with van der Waals surface area (Å²) in [4.78, 5) is 0. The summed E-state index contributed by atoms with van der Waals surface area (Å²) < 4.78 is 40.9. The van der Waals surface area contributed by atoms with Gasteiger partial charge in [-0.2, -0.15) is 0 Å². The Balaban J connectivity index is 2.69. The Morgan fingerprint density at radius 1 is 1.18 bits per heavy atom. The highest BCUT2D eigenvalue weighted by Gasteiger charge is 2.43. The van der Waals surface area contributed by atoms with Crippen LogP contribution in [0.25, 0.3) is 0 Å². The van der Waals surface area contributed by atoms with Gasteiger partial charge in [0.25, 0.3) is 0 Å². The Labute approximate surface area is 110 Å². The van der Waals surface area contributed by atoms with Crippen LogP contribution in [0.3, 0.4) is 0 Å². The van der Waals surface area contributed by atoms with Crippen LogP contribution in [0.4, 0.5) is 13.2 Å². The molecule has 0 aromatic heterocycles. The third kappa shape index (κ3) is 1.79. The molecule has 2 N–H and O–H groups in total. The van der Waals surface area contributed by atoms with Crippen molar-refractivity contribution in [2.24, 2.45) is 5.73 Å². The first-order valence-electron chi connectivity index (χ1n) is 5.16. The first-order chi connectivity index (χ1) is 7.94. The maximum Gasteiger partial charge on any atom is 0.180 e. The summed E-state index contributed by atoms with van der Waals surface area (Å²) in [6, 6.07) is 0. The maximum atomic E-state index is 13.9. The number of halogens is 5. The van der Waals surface area contributed by atoms with Crippen LogP contribution in [0, 0.1) is 17.5 Å². The molecule has 0 saturated heterocycles. The molecule has 1 aromatic carbocycles. The van der Waals surface area contributed by atoms with Crippen LogP contribution in [0.2, 0.25) is 5.02 Å². The van der Waals surface area contributed by atoms with Gasteiger partial charge in [-0.3, -0.25) is 0 Å². The minimum atomic E-state index is -1.35. The largest absolute Gasteiger partial charge is 0.330 e. The van der Waals surface area contributed by atoms with Crippen LogP contribution < -0.4 is 5.73 Å². The van der Waals surface area contributed by atoms with E-state index in [2.05, 4.69) is 15.9 Å². The topological polar surface area (TPSA) is 26.0 Å². The molecule has 0 unspecified atom stereocenters. The predicted molar refractivity (Wildman–Crippen MR) is 63.6 cm³/mol. The molecule has 0 atom stereocenters. The van der Waals surface area contributed by atoms with Crippen molar-refractivity contribution >= 4 is 27.5 Å². The molecular formula is C11H10BrClF3N. The summed E-state index contributed by atoms with van der Waals surface area (Å²) in [5, 5.41) is -0.829. The van der Waals surface area contributed by atoms with Crippen LogP contribution in [0.15, 0.2) is 4.47 Å². The number of benzene rings is 1. The first-order valence-corrected chi connectivity index (χ1v) is 6.33. The van der Waals surface area contributed by atoms with Gasteiger partial charge < -0.3 is 5.73 Å². The van der Waals surface area contributed by atoms with Crippen molar-refractivity contribution in [1.29, 1.82) is 0 Å². The Hall–Kier alpha value is -0.260. The Morgan fingerprint density at radius 2 is 1.76 bits per heavy atom. The van der Waals surface area contributed by atoms with Crippen molar-refractivity contribution in [2.75, 3.05) is 6.54 Å². The standard InChI is InChI=1S/C11H10BrClF3N/c12-6-5(11(4-17)2-1-3-11)8(14)10(16)7(13)9(6)15/h1-4,17H2. The summed E-state index contributed by atoms with van der Waals surface area (Å²) >= 11 is 8.31. The molecule has 0 bridgehead atoms. The molecular weight excluding hydrogens is 318 g/mol. The average molecular weight is 329 g/mol. The van der Waals surface area contributed by atoms with Crippen LogP contribution in [-0.2, 0) is 5.41 Å². The van der Waals surface area contributed by atoms with Crippen molar-refractivity contribution in [3.8, 4) is 0 Å². The van der Waals surface area contributed by atoms with E-state index in [9.17, 15) is 13.2 Å². The molecule has 2 rings (SSSR count). The highest BCUT2D eigenvalue weighted by Crippen LogP contribution is 2.48. The molecule has 1 nitrogen and oxygen atoms in total. The lowest BCUT2D eigenvalue weighted by molar-refractivity contribution is 0.239. The second-order valence-corrected chi connectivity index (χ2v) is 5.45.